The Morgan fingerprint density at radius 1 is 1.62 bits per heavy atom. The molecule has 1 rings (SSSR count). The third-order valence-corrected chi connectivity index (χ3v) is 2.43. The average Bonchev–Trinajstić information content (AvgIpc) is 2.15. The standard InChI is InChI=1S/C12H15P/c1-3-4-5-10(2)11-6-8-12(13)9-7-11/h3-8,12H,1-2,9,13H2/b5-4-. The van der Waals surface area contributed by atoms with E-state index >= 15 is 0 Å². The lowest BCUT2D eigenvalue weighted by Gasteiger charge is -2.11. The number of allylic oxidation sites excluding steroid dienone is 8. The molecule has 1 aliphatic rings. The molecule has 0 aliphatic heterocycles. The third-order valence-electron chi connectivity index (χ3n) is 1.94. The fourth-order valence-corrected chi connectivity index (χ4v) is 1.40. The van der Waals surface area contributed by atoms with E-state index in [0.29, 0.717) is 5.66 Å². The second kappa shape index (κ2) is 4.99. The molecular formula is C12H15P. The summed E-state index contributed by atoms with van der Waals surface area (Å²) in [6.45, 7) is 7.60. The van der Waals surface area contributed by atoms with E-state index in [1.165, 1.54) is 5.57 Å². The van der Waals surface area contributed by atoms with Gasteiger partial charge >= 0.3 is 0 Å². The summed E-state index contributed by atoms with van der Waals surface area (Å²) in [5.74, 6) is 0. The zero-order chi connectivity index (χ0) is 9.68. The van der Waals surface area contributed by atoms with Crippen LogP contribution in [0.3, 0.4) is 0 Å². The average molecular weight is 190 g/mol. The minimum atomic E-state index is 0.583. The molecule has 0 aromatic rings. The molecule has 13 heavy (non-hydrogen) atoms. The Balaban J connectivity index is 2.64. The van der Waals surface area contributed by atoms with Crippen molar-refractivity contribution in [3.63, 3.8) is 0 Å². The Hall–Kier alpha value is -0.870. The highest BCUT2D eigenvalue weighted by atomic mass is 31.0. The van der Waals surface area contributed by atoms with Gasteiger partial charge in [0.15, 0.2) is 0 Å². The molecule has 0 radical (unpaired) electrons. The van der Waals surface area contributed by atoms with Crippen molar-refractivity contribution in [3.8, 4) is 0 Å². The van der Waals surface area contributed by atoms with Gasteiger partial charge in [-0.05, 0) is 23.2 Å². The van der Waals surface area contributed by atoms with Gasteiger partial charge in [-0.1, -0.05) is 49.6 Å². The van der Waals surface area contributed by atoms with Crippen LogP contribution < -0.4 is 0 Å². The minimum Gasteiger partial charge on any atom is -0.130 e. The van der Waals surface area contributed by atoms with Crippen molar-refractivity contribution in [1.29, 1.82) is 0 Å². The predicted molar refractivity (Wildman–Crippen MR) is 63.8 cm³/mol. The van der Waals surface area contributed by atoms with Crippen LogP contribution in [-0.2, 0) is 0 Å². The van der Waals surface area contributed by atoms with E-state index in [1.807, 2.05) is 12.2 Å². The summed E-state index contributed by atoms with van der Waals surface area (Å²) in [7, 11) is 2.80. The summed E-state index contributed by atoms with van der Waals surface area (Å²) in [4.78, 5) is 0. The highest BCUT2D eigenvalue weighted by molar-refractivity contribution is 7.17. The van der Waals surface area contributed by atoms with Gasteiger partial charge in [0.2, 0.25) is 0 Å². The molecule has 1 heteroatoms. The van der Waals surface area contributed by atoms with Gasteiger partial charge in [0.25, 0.3) is 0 Å². The third kappa shape index (κ3) is 3.16. The molecule has 0 spiro atoms. The largest absolute Gasteiger partial charge is 0.130 e. The molecule has 2 unspecified atom stereocenters. The molecule has 1 aliphatic carbocycles. The maximum Gasteiger partial charge on any atom is -0.00477 e. The lowest BCUT2D eigenvalue weighted by molar-refractivity contribution is 1.04. The highest BCUT2D eigenvalue weighted by Gasteiger charge is 2.03. The van der Waals surface area contributed by atoms with Crippen molar-refractivity contribution < 1.29 is 0 Å². The first-order valence-corrected chi connectivity index (χ1v) is 5.03. The van der Waals surface area contributed by atoms with Crippen LogP contribution in [-0.4, -0.2) is 5.66 Å². The summed E-state index contributed by atoms with van der Waals surface area (Å²) in [5, 5.41) is 0. The Bertz CT molecular complexity index is 292. The van der Waals surface area contributed by atoms with Gasteiger partial charge in [0.05, 0.1) is 0 Å². The number of hydrogen-bond donors (Lipinski definition) is 0. The van der Waals surface area contributed by atoms with Crippen molar-refractivity contribution in [2.45, 2.75) is 12.1 Å². The van der Waals surface area contributed by atoms with Gasteiger partial charge in [-0.25, -0.2) is 0 Å². The molecule has 2 atom stereocenters. The lowest BCUT2D eigenvalue weighted by Crippen LogP contribution is -1.97. The Morgan fingerprint density at radius 2 is 2.38 bits per heavy atom. The van der Waals surface area contributed by atoms with Gasteiger partial charge in [-0.2, -0.15) is 0 Å². The molecule has 68 valence electrons. The first-order chi connectivity index (χ1) is 6.24. The second-order valence-electron chi connectivity index (χ2n) is 3.04. The van der Waals surface area contributed by atoms with E-state index in [0.717, 1.165) is 12.0 Å². The normalized spacial score (nSPS) is 21.6. The van der Waals surface area contributed by atoms with Crippen LogP contribution >= 0.6 is 9.24 Å². The molecule has 0 heterocycles. The summed E-state index contributed by atoms with van der Waals surface area (Å²) in [6, 6.07) is 0. The second-order valence-corrected chi connectivity index (χ2v) is 3.89. The van der Waals surface area contributed by atoms with E-state index in [4.69, 9.17) is 0 Å². The zero-order valence-electron chi connectivity index (χ0n) is 7.74. The van der Waals surface area contributed by atoms with E-state index in [2.05, 4.69) is 40.6 Å². The topological polar surface area (TPSA) is 0 Å². The predicted octanol–water partition coefficient (Wildman–Crippen LogP) is 3.41. The quantitative estimate of drug-likeness (QED) is 0.472. The molecule has 0 bridgehead atoms. The maximum absolute atomic E-state index is 3.98. The van der Waals surface area contributed by atoms with Gasteiger partial charge in [-0.15, -0.1) is 9.24 Å². The summed E-state index contributed by atoms with van der Waals surface area (Å²) < 4.78 is 0. The van der Waals surface area contributed by atoms with Crippen LogP contribution in [0.25, 0.3) is 0 Å². The molecule has 0 saturated heterocycles. The van der Waals surface area contributed by atoms with E-state index in [1.54, 1.807) is 6.08 Å². The first-order valence-electron chi connectivity index (χ1n) is 4.36. The molecule has 0 aromatic heterocycles. The number of rotatable bonds is 3. The molecule has 0 fully saturated rings. The van der Waals surface area contributed by atoms with Crippen LogP contribution in [0.2, 0.25) is 0 Å². The van der Waals surface area contributed by atoms with Gasteiger partial charge in [0, 0.05) is 0 Å². The number of hydrogen-bond acceptors (Lipinski definition) is 0. The van der Waals surface area contributed by atoms with Gasteiger partial charge in [-0.3, -0.25) is 0 Å². The minimum absolute atomic E-state index is 0.583. The highest BCUT2D eigenvalue weighted by Crippen LogP contribution is 2.21. The summed E-state index contributed by atoms with van der Waals surface area (Å²) >= 11 is 0. The molecule has 0 aromatic carbocycles. The lowest BCUT2D eigenvalue weighted by atomic mass is 10.0. The molecule has 0 nitrogen and oxygen atoms in total. The van der Waals surface area contributed by atoms with Gasteiger partial charge < -0.3 is 0 Å². The molecule has 0 N–H and O–H groups in total. The summed E-state index contributed by atoms with van der Waals surface area (Å²) in [5.41, 5.74) is 2.85. The van der Waals surface area contributed by atoms with Crippen LogP contribution in [0.4, 0.5) is 0 Å². The van der Waals surface area contributed by atoms with E-state index < -0.39 is 0 Å². The fraction of sp³-hybridized carbons (Fsp3) is 0.167. The van der Waals surface area contributed by atoms with E-state index in [-0.39, 0.29) is 0 Å². The Kier molecular flexibility index (Phi) is 3.92. The Morgan fingerprint density at radius 3 is 2.92 bits per heavy atom. The smallest absolute Gasteiger partial charge is 0.00477 e. The van der Waals surface area contributed by atoms with Crippen molar-refractivity contribution in [3.05, 3.63) is 60.8 Å². The Labute approximate surface area is 82.6 Å². The van der Waals surface area contributed by atoms with Crippen LogP contribution in [0.1, 0.15) is 6.42 Å². The maximum atomic E-state index is 3.98. The monoisotopic (exact) mass is 190 g/mol. The van der Waals surface area contributed by atoms with Crippen molar-refractivity contribution >= 4 is 9.24 Å². The zero-order valence-corrected chi connectivity index (χ0v) is 8.89. The summed E-state index contributed by atoms with van der Waals surface area (Å²) in [6.07, 6.45) is 13.3. The molecular weight excluding hydrogens is 175 g/mol. The van der Waals surface area contributed by atoms with Crippen molar-refractivity contribution in [2.75, 3.05) is 0 Å². The SMILES string of the molecule is C=C/C=C\C(=C)C1=CCC(P)C=C1. The van der Waals surface area contributed by atoms with E-state index in [9.17, 15) is 0 Å². The first kappa shape index (κ1) is 10.2. The van der Waals surface area contributed by atoms with Crippen LogP contribution in [0, 0.1) is 0 Å². The van der Waals surface area contributed by atoms with Crippen LogP contribution in [0.5, 0.6) is 0 Å². The van der Waals surface area contributed by atoms with Gasteiger partial charge in [0.1, 0.15) is 0 Å². The molecule has 0 saturated carbocycles. The molecule has 0 amide bonds. The fourth-order valence-electron chi connectivity index (χ4n) is 1.16. The van der Waals surface area contributed by atoms with Crippen molar-refractivity contribution in [2.24, 2.45) is 0 Å². The van der Waals surface area contributed by atoms with Crippen LogP contribution in [0.15, 0.2) is 60.8 Å². The van der Waals surface area contributed by atoms with Crippen molar-refractivity contribution in [1.82, 2.24) is 0 Å².